The number of benzene rings is 2. The van der Waals surface area contributed by atoms with Gasteiger partial charge in [-0.25, -0.2) is 18.0 Å². The first kappa shape index (κ1) is 25.7. The van der Waals surface area contributed by atoms with E-state index in [2.05, 4.69) is 16.3 Å². The molecule has 36 heavy (non-hydrogen) atoms. The number of imide groups is 1. The van der Waals surface area contributed by atoms with Gasteiger partial charge in [-0.05, 0) is 93.0 Å². The maximum Gasteiger partial charge on any atom is 0.324 e. The van der Waals surface area contributed by atoms with Crippen LogP contribution in [0.5, 0.6) is 0 Å². The van der Waals surface area contributed by atoms with E-state index in [9.17, 15) is 28.0 Å². The summed E-state index contributed by atoms with van der Waals surface area (Å²) in [6, 6.07) is 8.82. The number of nitrogens with one attached hydrogen (secondary N) is 1. The summed E-state index contributed by atoms with van der Waals surface area (Å²) >= 11 is 0. The van der Waals surface area contributed by atoms with Crippen LogP contribution < -0.4 is 5.32 Å². The predicted molar refractivity (Wildman–Crippen MR) is 127 cm³/mol. The molecule has 2 heterocycles. The van der Waals surface area contributed by atoms with E-state index in [1.807, 2.05) is 0 Å². The molecule has 2 saturated heterocycles. The number of likely N-dealkylation sites (tertiary alicyclic amines) is 2. The summed E-state index contributed by atoms with van der Waals surface area (Å²) in [5.41, 5.74) is 1.69. The second-order valence-corrected chi connectivity index (χ2v) is 9.39. The van der Waals surface area contributed by atoms with Crippen molar-refractivity contribution < 1.29 is 22.8 Å². The second-order valence-electron chi connectivity index (χ2n) is 9.39. The van der Waals surface area contributed by atoms with Crippen molar-refractivity contribution in [1.29, 1.82) is 5.26 Å². The van der Waals surface area contributed by atoms with Gasteiger partial charge in [-0.15, -0.1) is 0 Å². The van der Waals surface area contributed by atoms with Gasteiger partial charge in [0.05, 0.1) is 17.7 Å². The third-order valence-corrected chi connectivity index (χ3v) is 7.09. The predicted octanol–water partition coefficient (Wildman–Crippen LogP) is 5.01. The molecule has 1 unspecified atom stereocenters. The lowest BCUT2D eigenvalue weighted by atomic mass is 9.86. The van der Waals surface area contributed by atoms with E-state index in [1.165, 1.54) is 18.2 Å². The zero-order valence-corrected chi connectivity index (χ0v) is 20.0. The Kier molecular flexibility index (Phi) is 8.26. The Hall–Kier alpha value is -3.38. The molecule has 1 N–H and O–H groups in total. The lowest BCUT2D eigenvalue weighted by Gasteiger charge is -2.34. The molecule has 0 aliphatic carbocycles. The normalized spacial score (nSPS) is 19.2. The summed E-state index contributed by atoms with van der Waals surface area (Å²) in [6.07, 6.45) is 3.74. The lowest BCUT2D eigenvalue weighted by Crippen LogP contribution is -2.48. The SMILES string of the molecule is N#Cc1cc(F)ccc1C1CCN(CCCNC(=O)N2C(=O)CCCC2c2ccc(F)c(F)c2)CC1. The first-order chi connectivity index (χ1) is 17.4. The number of amides is 3. The fourth-order valence-corrected chi connectivity index (χ4v) is 5.19. The van der Waals surface area contributed by atoms with E-state index in [4.69, 9.17) is 0 Å². The van der Waals surface area contributed by atoms with Crippen molar-refractivity contribution in [3.8, 4) is 6.07 Å². The molecule has 0 saturated carbocycles. The summed E-state index contributed by atoms with van der Waals surface area (Å²) in [6.45, 7) is 2.82. The summed E-state index contributed by atoms with van der Waals surface area (Å²) in [5.74, 6) is -2.48. The number of urea groups is 1. The van der Waals surface area contributed by atoms with Crippen molar-refractivity contribution in [2.24, 2.45) is 0 Å². The van der Waals surface area contributed by atoms with Crippen LogP contribution in [0.15, 0.2) is 36.4 Å². The minimum atomic E-state index is -1.00. The molecule has 0 aromatic heterocycles. The van der Waals surface area contributed by atoms with E-state index in [-0.39, 0.29) is 18.2 Å². The number of carbonyl (C=O) groups excluding carboxylic acids is 2. The van der Waals surface area contributed by atoms with Gasteiger partial charge in [-0.2, -0.15) is 5.26 Å². The fraction of sp³-hybridized carbons (Fsp3) is 0.444. The minimum Gasteiger partial charge on any atom is -0.338 e. The third kappa shape index (κ3) is 5.88. The van der Waals surface area contributed by atoms with Gasteiger partial charge in [0, 0.05) is 13.0 Å². The standard InChI is InChI=1S/C27H29F3N4O2/c28-21-6-7-22(20(15-21)17-31)18-9-13-33(14-10-18)12-2-11-32-27(36)34-25(3-1-4-26(34)35)19-5-8-23(29)24(30)16-19/h5-8,15-16,18,25H,1-4,9-14H2,(H,32,36). The van der Waals surface area contributed by atoms with Crippen LogP contribution in [0.1, 0.15) is 67.2 Å². The molecule has 2 aromatic rings. The number of hydrogen-bond donors (Lipinski definition) is 1. The van der Waals surface area contributed by atoms with Gasteiger partial charge < -0.3 is 10.2 Å². The molecule has 1 atom stereocenters. The maximum absolute atomic E-state index is 13.7. The number of carbonyl (C=O) groups is 2. The average molecular weight is 499 g/mol. The topological polar surface area (TPSA) is 76.4 Å². The second kappa shape index (κ2) is 11.6. The van der Waals surface area contributed by atoms with Gasteiger partial charge in [0.2, 0.25) is 5.91 Å². The average Bonchev–Trinajstić information content (AvgIpc) is 2.88. The summed E-state index contributed by atoms with van der Waals surface area (Å²) in [5, 5.41) is 12.1. The van der Waals surface area contributed by atoms with Crippen molar-refractivity contribution in [1.82, 2.24) is 15.1 Å². The van der Waals surface area contributed by atoms with E-state index < -0.39 is 29.5 Å². The van der Waals surface area contributed by atoms with Crippen molar-refractivity contribution in [3.63, 3.8) is 0 Å². The highest BCUT2D eigenvalue weighted by atomic mass is 19.2. The van der Waals surface area contributed by atoms with Crippen LogP contribution in [0.4, 0.5) is 18.0 Å². The molecule has 2 aromatic carbocycles. The number of hydrogen-bond acceptors (Lipinski definition) is 4. The van der Waals surface area contributed by atoms with Gasteiger partial charge in [0.25, 0.3) is 0 Å². The lowest BCUT2D eigenvalue weighted by molar-refractivity contribution is -0.132. The first-order valence-electron chi connectivity index (χ1n) is 12.3. The summed E-state index contributed by atoms with van der Waals surface area (Å²) in [4.78, 5) is 28.8. The van der Waals surface area contributed by atoms with E-state index in [0.717, 1.165) is 55.1 Å². The smallest absolute Gasteiger partial charge is 0.324 e. The Balaban J connectivity index is 1.25. The molecular formula is C27H29F3N4O2. The molecular weight excluding hydrogens is 469 g/mol. The number of nitrogens with zero attached hydrogens (tertiary/aromatic N) is 3. The van der Waals surface area contributed by atoms with Crippen molar-refractivity contribution in [2.75, 3.05) is 26.2 Å². The molecule has 6 nitrogen and oxygen atoms in total. The van der Waals surface area contributed by atoms with Crippen LogP contribution in [0, 0.1) is 28.8 Å². The summed E-state index contributed by atoms with van der Waals surface area (Å²) in [7, 11) is 0. The molecule has 2 aliphatic heterocycles. The van der Waals surface area contributed by atoms with Crippen LogP contribution in [-0.4, -0.2) is 47.9 Å². The molecule has 9 heteroatoms. The molecule has 0 radical (unpaired) electrons. The molecule has 3 amide bonds. The molecule has 2 aliphatic rings. The van der Waals surface area contributed by atoms with Crippen molar-refractivity contribution in [3.05, 3.63) is 70.5 Å². The summed E-state index contributed by atoms with van der Waals surface area (Å²) < 4.78 is 40.5. The Morgan fingerprint density at radius 1 is 1.06 bits per heavy atom. The largest absolute Gasteiger partial charge is 0.338 e. The zero-order valence-electron chi connectivity index (χ0n) is 20.0. The third-order valence-electron chi connectivity index (χ3n) is 7.09. The highest BCUT2D eigenvalue weighted by Gasteiger charge is 2.34. The van der Waals surface area contributed by atoms with Gasteiger partial charge in [-0.1, -0.05) is 12.1 Å². The molecule has 0 spiro atoms. The van der Waals surface area contributed by atoms with Gasteiger partial charge >= 0.3 is 6.03 Å². The van der Waals surface area contributed by atoms with Crippen LogP contribution in [0.25, 0.3) is 0 Å². The molecule has 0 bridgehead atoms. The van der Waals surface area contributed by atoms with Crippen molar-refractivity contribution >= 4 is 11.9 Å². The zero-order chi connectivity index (χ0) is 25.7. The number of nitriles is 1. The van der Waals surface area contributed by atoms with Crippen LogP contribution in [-0.2, 0) is 4.79 Å². The molecule has 4 rings (SSSR count). The quantitative estimate of drug-likeness (QED) is 0.568. The maximum atomic E-state index is 13.7. The number of piperidine rings is 2. The number of halogens is 3. The minimum absolute atomic E-state index is 0.217. The van der Waals surface area contributed by atoms with E-state index in [0.29, 0.717) is 36.9 Å². The Labute approximate surface area is 208 Å². The monoisotopic (exact) mass is 498 g/mol. The van der Waals surface area contributed by atoms with Crippen LogP contribution >= 0.6 is 0 Å². The molecule has 2 fully saturated rings. The van der Waals surface area contributed by atoms with Gasteiger partial charge in [0.1, 0.15) is 5.82 Å². The van der Waals surface area contributed by atoms with Gasteiger partial charge in [-0.3, -0.25) is 9.69 Å². The van der Waals surface area contributed by atoms with Crippen molar-refractivity contribution in [2.45, 2.75) is 50.5 Å². The van der Waals surface area contributed by atoms with E-state index >= 15 is 0 Å². The first-order valence-corrected chi connectivity index (χ1v) is 12.3. The van der Waals surface area contributed by atoms with Gasteiger partial charge in [0.15, 0.2) is 11.6 Å². The van der Waals surface area contributed by atoms with Crippen LogP contribution in [0.3, 0.4) is 0 Å². The van der Waals surface area contributed by atoms with Crippen LogP contribution in [0.2, 0.25) is 0 Å². The Morgan fingerprint density at radius 2 is 1.83 bits per heavy atom. The van der Waals surface area contributed by atoms with E-state index in [1.54, 1.807) is 6.07 Å². The number of rotatable bonds is 6. The fourth-order valence-electron chi connectivity index (χ4n) is 5.19. The Bertz CT molecular complexity index is 1160. The highest BCUT2D eigenvalue weighted by molar-refractivity contribution is 5.95. The highest BCUT2D eigenvalue weighted by Crippen LogP contribution is 2.33. The Morgan fingerprint density at radius 3 is 2.56 bits per heavy atom. The molecule has 190 valence electrons.